The number of nitrogens with zero attached hydrogens (tertiary/aromatic N) is 1. The predicted octanol–water partition coefficient (Wildman–Crippen LogP) is 3.47. The summed E-state index contributed by atoms with van der Waals surface area (Å²) in [5, 5.41) is 7.66. The van der Waals surface area contributed by atoms with Crippen LogP contribution in [0.2, 0.25) is 0 Å². The Labute approximate surface area is 158 Å². The van der Waals surface area contributed by atoms with Crippen molar-refractivity contribution in [3.63, 3.8) is 0 Å². The number of hydrogen-bond acceptors (Lipinski definition) is 4. The van der Waals surface area contributed by atoms with Gasteiger partial charge < -0.3 is 15.5 Å². The molecule has 0 aliphatic heterocycles. The molecule has 0 atom stereocenters. The van der Waals surface area contributed by atoms with Gasteiger partial charge in [0.25, 0.3) is 5.91 Å². The molecule has 2 amide bonds. The molecule has 1 aromatic heterocycles. The number of nitrogens with one attached hydrogen (secondary N) is 2. The summed E-state index contributed by atoms with van der Waals surface area (Å²) in [4.78, 5) is 27.3. The first kappa shape index (κ1) is 19.9. The van der Waals surface area contributed by atoms with Gasteiger partial charge in [0.05, 0.1) is 0 Å². The van der Waals surface area contributed by atoms with Gasteiger partial charge in [0, 0.05) is 35.3 Å². The lowest BCUT2D eigenvalue weighted by molar-refractivity contribution is -0.111. The number of thiophene rings is 1. The zero-order chi connectivity index (χ0) is 18.8. The first-order valence-corrected chi connectivity index (χ1v) is 9.63. The number of anilines is 1. The summed E-state index contributed by atoms with van der Waals surface area (Å²) < 4.78 is 0. The molecular formula is C20H25N3O2S. The van der Waals surface area contributed by atoms with Gasteiger partial charge in [-0.3, -0.25) is 9.59 Å². The highest BCUT2D eigenvalue weighted by atomic mass is 32.1. The molecule has 0 saturated heterocycles. The van der Waals surface area contributed by atoms with Crippen LogP contribution in [-0.4, -0.2) is 42.9 Å². The third kappa shape index (κ3) is 6.46. The van der Waals surface area contributed by atoms with E-state index in [0.29, 0.717) is 17.8 Å². The van der Waals surface area contributed by atoms with Gasteiger partial charge in [-0.2, -0.15) is 0 Å². The van der Waals surface area contributed by atoms with E-state index in [1.165, 1.54) is 6.08 Å². The molecule has 1 aromatic carbocycles. The van der Waals surface area contributed by atoms with Gasteiger partial charge in [-0.05, 0) is 54.9 Å². The molecule has 2 aromatic rings. The van der Waals surface area contributed by atoms with Gasteiger partial charge >= 0.3 is 0 Å². The predicted molar refractivity (Wildman–Crippen MR) is 109 cm³/mol. The molecule has 2 rings (SSSR count). The van der Waals surface area contributed by atoms with E-state index < -0.39 is 0 Å². The summed E-state index contributed by atoms with van der Waals surface area (Å²) in [6.45, 7) is 7.61. The zero-order valence-corrected chi connectivity index (χ0v) is 16.0. The molecule has 5 nitrogen and oxygen atoms in total. The van der Waals surface area contributed by atoms with Crippen molar-refractivity contribution in [2.24, 2.45) is 0 Å². The molecule has 0 saturated carbocycles. The third-order valence-electron chi connectivity index (χ3n) is 3.96. The summed E-state index contributed by atoms with van der Waals surface area (Å²) in [6.07, 6.45) is 3.28. The van der Waals surface area contributed by atoms with E-state index in [9.17, 15) is 9.59 Å². The van der Waals surface area contributed by atoms with E-state index in [-0.39, 0.29) is 11.8 Å². The number of rotatable bonds is 9. The molecule has 0 spiro atoms. The van der Waals surface area contributed by atoms with E-state index in [1.54, 1.807) is 41.7 Å². The Morgan fingerprint density at radius 1 is 1.12 bits per heavy atom. The molecule has 1 heterocycles. The normalized spacial score (nSPS) is 11.0. The summed E-state index contributed by atoms with van der Waals surface area (Å²) >= 11 is 1.57. The van der Waals surface area contributed by atoms with Gasteiger partial charge in [0.15, 0.2) is 0 Å². The zero-order valence-electron chi connectivity index (χ0n) is 15.2. The van der Waals surface area contributed by atoms with Crippen LogP contribution in [0.15, 0.2) is 47.9 Å². The minimum absolute atomic E-state index is 0.104. The molecule has 26 heavy (non-hydrogen) atoms. The fraction of sp³-hybridized carbons (Fsp3) is 0.300. The topological polar surface area (TPSA) is 61.4 Å². The van der Waals surface area contributed by atoms with E-state index in [4.69, 9.17) is 0 Å². The van der Waals surface area contributed by atoms with Crippen LogP contribution >= 0.6 is 11.3 Å². The van der Waals surface area contributed by atoms with Crippen LogP contribution < -0.4 is 10.6 Å². The van der Waals surface area contributed by atoms with Crippen molar-refractivity contribution in [2.45, 2.75) is 13.8 Å². The summed E-state index contributed by atoms with van der Waals surface area (Å²) in [7, 11) is 0. The quantitative estimate of drug-likeness (QED) is 0.664. The molecule has 0 unspecified atom stereocenters. The van der Waals surface area contributed by atoms with Crippen LogP contribution in [0.3, 0.4) is 0 Å². The summed E-state index contributed by atoms with van der Waals surface area (Å²) in [6, 6.07) is 10.8. The van der Waals surface area contributed by atoms with E-state index in [1.807, 2.05) is 17.5 Å². The van der Waals surface area contributed by atoms with Gasteiger partial charge in [-0.15, -0.1) is 11.3 Å². The fourth-order valence-corrected chi connectivity index (χ4v) is 3.02. The molecular weight excluding hydrogens is 346 g/mol. The number of hydrogen-bond donors (Lipinski definition) is 2. The summed E-state index contributed by atoms with van der Waals surface area (Å²) in [5.74, 6) is -0.303. The van der Waals surface area contributed by atoms with Gasteiger partial charge in [-0.25, -0.2) is 0 Å². The number of amides is 2. The standard InChI is InChI=1S/C20H25N3O2S/c1-3-23(4-2)14-13-21-20(25)16-7-9-17(10-8-16)22-19(24)12-11-18-6-5-15-26-18/h5-12,15H,3-4,13-14H2,1-2H3,(H,21,25)(H,22,24). The molecule has 0 aliphatic carbocycles. The Hall–Kier alpha value is -2.44. The molecule has 6 heteroatoms. The maximum absolute atomic E-state index is 12.1. The third-order valence-corrected chi connectivity index (χ3v) is 4.80. The van der Waals surface area contributed by atoms with Crippen molar-refractivity contribution < 1.29 is 9.59 Å². The first-order valence-electron chi connectivity index (χ1n) is 8.75. The number of likely N-dealkylation sites (N-methyl/N-ethyl adjacent to an activating group) is 1. The van der Waals surface area contributed by atoms with Crippen LogP contribution in [0, 0.1) is 0 Å². The molecule has 2 N–H and O–H groups in total. The fourth-order valence-electron chi connectivity index (χ4n) is 2.40. The maximum atomic E-state index is 12.1. The van der Waals surface area contributed by atoms with Crippen LogP contribution in [0.5, 0.6) is 0 Å². The average molecular weight is 372 g/mol. The highest BCUT2D eigenvalue weighted by Gasteiger charge is 2.06. The minimum Gasteiger partial charge on any atom is -0.351 e. The van der Waals surface area contributed by atoms with E-state index >= 15 is 0 Å². The van der Waals surface area contributed by atoms with E-state index in [0.717, 1.165) is 24.5 Å². The lowest BCUT2D eigenvalue weighted by atomic mass is 10.2. The summed E-state index contributed by atoms with van der Waals surface area (Å²) in [5.41, 5.74) is 1.24. The van der Waals surface area contributed by atoms with Crippen molar-refractivity contribution in [3.8, 4) is 0 Å². The lowest BCUT2D eigenvalue weighted by Crippen LogP contribution is -2.34. The Kier molecular flexibility index (Phi) is 8.05. The van der Waals surface area contributed by atoms with Crippen LogP contribution in [0.25, 0.3) is 6.08 Å². The van der Waals surface area contributed by atoms with Crippen molar-refractivity contribution in [2.75, 3.05) is 31.5 Å². The molecule has 0 aliphatic rings. The molecule has 0 radical (unpaired) electrons. The van der Waals surface area contributed by atoms with Crippen molar-refractivity contribution >= 4 is 34.9 Å². The lowest BCUT2D eigenvalue weighted by Gasteiger charge is -2.17. The second-order valence-electron chi connectivity index (χ2n) is 5.70. The molecule has 0 fully saturated rings. The second-order valence-corrected chi connectivity index (χ2v) is 6.68. The number of carbonyl (C=O) groups excluding carboxylic acids is 2. The highest BCUT2D eigenvalue weighted by Crippen LogP contribution is 2.12. The van der Waals surface area contributed by atoms with Crippen molar-refractivity contribution in [1.82, 2.24) is 10.2 Å². The first-order chi connectivity index (χ1) is 12.6. The molecule has 0 bridgehead atoms. The number of carbonyl (C=O) groups is 2. The minimum atomic E-state index is -0.199. The maximum Gasteiger partial charge on any atom is 0.251 e. The monoisotopic (exact) mass is 371 g/mol. The largest absolute Gasteiger partial charge is 0.351 e. The smallest absolute Gasteiger partial charge is 0.251 e. The molecule has 138 valence electrons. The Balaban J connectivity index is 1.81. The van der Waals surface area contributed by atoms with Crippen LogP contribution in [0.4, 0.5) is 5.69 Å². The van der Waals surface area contributed by atoms with E-state index in [2.05, 4.69) is 29.4 Å². The van der Waals surface area contributed by atoms with Crippen LogP contribution in [-0.2, 0) is 4.79 Å². The van der Waals surface area contributed by atoms with Gasteiger partial charge in [0.2, 0.25) is 5.91 Å². The van der Waals surface area contributed by atoms with Gasteiger partial charge in [0.1, 0.15) is 0 Å². The number of benzene rings is 1. The van der Waals surface area contributed by atoms with Crippen molar-refractivity contribution in [3.05, 3.63) is 58.3 Å². The second kappa shape index (κ2) is 10.5. The van der Waals surface area contributed by atoms with Gasteiger partial charge in [-0.1, -0.05) is 19.9 Å². The van der Waals surface area contributed by atoms with Crippen molar-refractivity contribution in [1.29, 1.82) is 0 Å². The highest BCUT2D eigenvalue weighted by molar-refractivity contribution is 7.10. The van der Waals surface area contributed by atoms with Crippen LogP contribution in [0.1, 0.15) is 29.1 Å². The Morgan fingerprint density at radius 2 is 1.85 bits per heavy atom. The Bertz CT molecular complexity index is 720. The Morgan fingerprint density at radius 3 is 2.46 bits per heavy atom. The average Bonchev–Trinajstić information content (AvgIpc) is 3.18. The SMILES string of the molecule is CCN(CC)CCNC(=O)c1ccc(NC(=O)C=Cc2cccs2)cc1.